The van der Waals surface area contributed by atoms with E-state index in [0.717, 1.165) is 29.6 Å². The Balaban J connectivity index is 2.18. The first-order valence-corrected chi connectivity index (χ1v) is 8.64. The van der Waals surface area contributed by atoms with Crippen LogP contribution < -0.4 is 4.72 Å². The van der Waals surface area contributed by atoms with Crippen molar-refractivity contribution in [3.63, 3.8) is 0 Å². The van der Waals surface area contributed by atoms with Crippen LogP contribution in [0.4, 0.5) is 0 Å². The maximum absolute atomic E-state index is 11.8. The number of fused-ring (bicyclic) bond motifs is 1. The molecular formula is C14H21N3O2S. The summed E-state index contributed by atoms with van der Waals surface area (Å²) in [5.41, 5.74) is 1.82. The van der Waals surface area contributed by atoms with E-state index in [1.807, 2.05) is 42.8 Å². The lowest BCUT2D eigenvalue weighted by atomic mass is 10.2. The highest BCUT2D eigenvalue weighted by molar-refractivity contribution is 7.89. The highest BCUT2D eigenvalue weighted by atomic mass is 32.2. The fourth-order valence-electron chi connectivity index (χ4n) is 2.15. The van der Waals surface area contributed by atoms with Gasteiger partial charge >= 0.3 is 0 Å². The van der Waals surface area contributed by atoms with Crippen molar-refractivity contribution in [3.05, 3.63) is 30.0 Å². The van der Waals surface area contributed by atoms with E-state index in [1.165, 1.54) is 0 Å². The first kappa shape index (κ1) is 15.0. The van der Waals surface area contributed by atoms with E-state index in [0.29, 0.717) is 6.42 Å². The van der Waals surface area contributed by atoms with Crippen molar-refractivity contribution >= 4 is 20.9 Å². The van der Waals surface area contributed by atoms with Crippen LogP contribution in [-0.2, 0) is 23.1 Å². The predicted molar refractivity (Wildman–Crippen MR) is 80.9 cm³/mol. The van der Waals surface area contributed by atoms with Gasteiger partial charge in [-0.25, -0.2) is 13.1 Å². The minimum atomic E-state index is -3.21. The molecule has 1 aromatic carbocycles. The zero-order valence-electron chi connectivity index (χ0n) is 12.0. The topological polar surface area (TPSA) is 64.0 Å². The highest BCUT2D eigenvalue weighted by Crippen LogP contribution is 2.18. The van der Waals surface area contributed by atoms with Crippen molar-refractivity contribution in [2.24, 2.45) is 0 Å². The van der Waals surface area contributed by atoms with Gasteiger partial charge in [0, 0.05) is 11.9 Å². The Kier molecular flexibility index (Phi) is 4.77. The Labute approximate surface area is 120 Å². The minimum absolute atomic E-state index is 0.177. The van der Waals surface area contributed by atoms with Gasteiger partial charge in [-0.05, 0) is 19.4 Å². The number of hydrogen-bond donors (Lipinski definition) is 1. The minimum Gasteiger partial charge on any atom is -0.265 e. The van der Waals surface area contributed by atoms with E-state index in [-0.39, 0.29) is 12.3 Å². The molecule has 1 N–H and O–H groups in total. The van der Waals surface area contributed by atoms with Crippen molar-refractivity contribution < 1.29 is 8.42 Å². The number of para-hydroxylation sites is 1. The first-order valence-electron chi connectivity index (χ1n) is 6.99. The summed E-state index contributed by atoms with van der Waals surface area (Å²) < 4.78 is 28.2. The molecule has 110 valence electrons. The van der Waals surface area contributed by atoms with Crippen LogP contribution in [0.25, 0.3) is 10.9 Å². The van der Waals surface area contributed by atoms with Crippen LogP contribution in [0.3, 0.4) is 0 Å². The number of nitrogens with one attached hydrogen (secondary N) is 1. The normalized spacial score (nSPS) is 12.1. The summed E-state index contributed by atoms with van der Waals surface area (Å²) in [5.74, 6) is 0.177. The van der Waals surface area contributed by atoms with Gasteiger partial charge in [0.25, 0.3) is 0 Å². The van der Waals surface area contributed by atoms with E-state index in [1.54, 1.807) is 0 Å². The molecule has 0 aliphatic carbocycles. The number of sulfonamides is 1. The number of benzene rings is 1. The standard InChI is InChI=1S/C14H21N3O2S/c1-3-5-10-20(18,19)15-11-13-12-8-6-7-9-14(12)17(4-2)16-13/h6-9,15H,3-5,10-11H2,1-2H3. The first-order chi connectivity index (χ1) is 9.57. The summed E-state index contributed by atoms with van der Waals surface area (Å²) in [4.78, 5) is 0. The van der Waals surface area contributed by atoms with Crippen LogP contribution in [0.15, 0.2) is 24.3 Å². The number of rotatable bonds is 7. The predicted octanol–water partition coefficient (Wildman–Crippen LogP) is 2.28. The van der Waals surface area contributed by atoms with Gasteiger partial charge in [-0.2, -0.15) is 5.10 Å². The molecule has 1 heterocycles. The van der Waals surface area contributed by atoms with E-state index in [4.69, 9.17) is 0 Å². The molecule has 0 unspecified atom stereocenters. The SMILES string of the molecule is CCCCS(=O)(=O)NCc1nn(CC)c2ccccc12. The molecule has 6 heteroatoms. The molecule has 0 aliphatic rings. The van der Waals surface area contributed by atoms with Gasteiger partial charge < -0.3 is 0 Å². The van der Waals surface area contributed by atoms with Gasteiger partial charge in [-0.3, -0.25) is 4.68 Å². The van der Waals surface area contributed by atoms with Crippen molar-refractivity contribution in [2.45, 2.75) is 39.8 Å². The molecule has 0 spiro atoms. The average Bonchev–Trinajstić information content (AvgIpc) is 2.81. The lowest BCUT2D eigenvalue weighted by molar-refractivity contribution is 0.575. The fraction of sp³-hybridized carbons (Fsp3) is 0.500. The van der Waals surface area contributed by atoms with Crippen molar-refractivity contribution in [2.75, 3.05) is 5.75 Å². The molecular weight excluding hydrogens is 274 g/mol. The number of hydrogen-bond acceptors (Lipinski definition) is 3. The van der Waals surface area contributed by atoms with Gasteiger partial charge in [0.05, 0.1) is 23.5 Å². The summed E-state index contributed by atoms with van der Waals surface area (Å²) >= 11 is 0. The molecule has 5 nitrogen and oxygen atoms in total. The quantitative estimate of drug-likeness (QED) is 0.852. The summed E-state index contributed by atoms with van der Waals surface area (Å²) in [6, 6.07) is 7.88. The van der Waals surface area contributed by atoms with Crippen LogP contribution in [0, 0.1) is 0 Å². The van der Waals surface area contributed by atoms with E-state index < -0.39 is 10.0 Å². The maximum atomic E-state index is 11.8. The molecule has 0 fully saturated rings. The number of aromatic nitrogens is 2. The number of unbranched alkanes of at least 4 members (excludes halogenated alkanes) is 1. The van der Waals surface area contributed by atoms with Crippen LogP contribution in [0.2, 0.25) is 0 Å². The third kappa shape index (κ3) is 3.37. The van der Waals surface area contributed by atoms with Crippen LogP contribution in [0.5, 0.6) is 0 Å². The smallest absolute Gasteiger partial charge is 0.211 e. The second-order valence-corrected chi connectivity index (χ2v) is 6.70. The average molecular weight is 295 g/mol. The Morgan fingerprint density at radius 1 is 1.25 bits per heavy atom. The molecule has 2 rings (SSSR count). The molecule has 2 aromatic rings. The second kappa shape index (κ2) is 6.37. The van der Waals surface area contributed by atoms with Gasteiger partial charge in [0.1, 0.15) is 0 Å². The van der Waals surface area contributed by atoms with Crippen molar-refractivity contribution in [3.8, 4) is 0 Å². The molecule has 0 bridgehead atoms. The monoisotopic (exact) mass is 295 g/mol. The van der Waals surface area contributed by atoms with E-state index in [2.05, 4.69) is 9.82 Å². The van der Waals surface area contributed by atoms with Gasteiger partial charge in [-0.15, -0.1) is 0 Å². The lowest BCUT2D eigenvalue weighted by Gasteiger charge is -2.04. The molecule has 0 amide bonds. The summed E-state index contributed by atoms with van der Waals surface area (Å²) in [6.07, 6.45) is 1.55. The Morgan fingerprint density at radius 3 is 2.70 bits per heavy atom. The molecule has 0 atom stereocenters. The van der Waals surface area contributed by atoms with E-state index >= 15 is 0 Å². The van der Waals surface area contributed by atoms with Crippen molar-refractivity contribution in [1.82, 2.24) is 14.5 Å². The molecule has 0 saturated carbocycles. The largest absolute Gasteiger partial charge is 0.265 e. The van der Waals surface area contributed by atoms with E-state index in [9.17, 15) is 8.42 Å². The second-order valence-electron chi connectivity index (χ2n) is 4.77. The third-order valence-corrected chi connectivity index (χ3v) is 4.67. The molecule has 0 aliphatic heterocycles. The molecule has 0 radical (unpaired) electrons. The van der Waals surface area contributed by atoms with Crippen LogP contribution >= 0.6 is 0 Å². The highest BCUT2D eigenvalue weighted by Gasteiger charge is 2.13. The van der Waals surface area contributed by atoms with Gasteiger partial charge in [0.2, 0.25) is 10.0 Å². The fourth-order valence-corrected chi connectivity index (χ4v) is 3.32. The van der Waals surface area contributed by atoms with Gasteiger partial charge in [-0.1, -0.05) is 31.5 Å². The Bertz CT molecular complexity index is 677. The molecule has 0 saturated heterocycles. The van der Waals surface area contributed by atoms with Crippen LogP contribution in [0.1, 0.15) is 32.4 Å². The lowest BCUT2D eigenvalue weighted by Crippen LogP contribution is -2.26. The van der Waals surface area contributed by atoms with Crippen molar-refractivity contribution in [1.29, 1.82) is 0 Å². The Morgan fingerprint density at radius 2 is 2.00 bits per heavy atom. The summed E-state index contributed by atoms with van der Waals surface area (Å²) in [7, 11) is -3.21. The van der Waals surface area contributed by atoms with Gasteiger partial charge in [0.15, 0.2) is 0 Å². The molecule has 1 aromatic heterocycles. The maximum Gasteiger partial charge on any atom is 0.211 e. The number of nitrogens with zero attached hydrogens (tertiary/aromatic N) is 2. The van der Waals surface area contributed by atoms with Crippen LogP contribution in [-0.4, -0.2) is 24.0 Å². The molecule has 20 heavy (non-hydrogen) atoms. The summed E-state index contributed by atoms with van der Waals surface area (Å²) in [6.45, 7) is 5.02. The third-order valence-electron chi connectivity index (χ3n) is 3.26. The zero-order valence-corrected chi connectivity index (χ0v) is 12.8. The Hall–Kier alpha value is -1.40. The number of aryl methyl sites for hydroxylation is 1. The summed E-state index contributed by atoms with van der Waals surface area (Å²) in [5, 5.41) is 5.49. The zero-order chi connectivity index (χ0) is 14.6.